The topological polar surface area (TPSA) is 26.3 Å². The lowest BCUT2D eigenvalue weighted by molar-refractivity contribution is -0.126. The quantitative estimate of drug-likeness (QED) is 0.499. The van der Waals surface area contributed by atoms with Gasteiger partial charge in [0, 0.05) is 0 Å². The van der Waals surface area contributed by atoms with Gasteiger partial charge in [-0.3, -0.25) is 4.79 Å². The van der Waals surface area contributed by atoms with Gasteiger partial charge in [-0.15, -0.1) is 32.9 Å². The maximum absolute atomic E-state index is 8.95. The number of methoxy groups -OCH3 is 1. The molecule has 0 amide bonds. The summed E-state index contributed by atoms with van der Waals surface area (Å²) in [5.74, 6) is 0. The molecule has 13 heavy (non-hydrogen) atoms. The molecule has 0 bridgehead atoms. The van der Waals surface area contributed by atoms with Crippen LogP contribution in [0.25, 0.3) is 0 Å². The highest BCUT2D eigenvalue weighted by molar-refractivity contribution is 5.36. The van der Waals surface area contributed by atoms with Crippen LogP contribution in [-0.4, -0.2) is 13.6 Å². The molecule has 0 unspecified atom stereocenters. The Morgan fingerprint density at radius 3 is 1.54 bits per heavy atom. The Kier molecular flexibility index (Phi) is 128. The van der Waals surface area contributed by atoms with Crippen LogP contribution in [0.4, 0.5) is 0 Å². The Hall–Kier alpha value is -1.31. The number of hydrogen-bond donors (Lipinski definition) is 0. The van der Waals surface area contributed by atoms with Crippen molar-refractivity contribution in [2.75, 3.05) is 7.11 Å². The second kappa shape index (κ2) is 73.7. The Morgan fingerprint density at radius 1 is 1.23 bits per heavy atom. The third-order valence-corrected chi connectivity index (χ3v) is 0.589. The van der Waals surface area contributed by atoms with Crippen LogP contribution in [0.1, 0.15) is 19.8 Å². The molecule has 0 N–H and O–H groups in total. The second-order valence-electron chi connectivity index (χ2n) is 1.41. The van der Waals surface area contributed by atoms with Crippen molar-refractivity contribution in [2.24, 2.45) is 0 Å². The van der Waals surface area contributed by atoms with Crippen molar-refractivity contribution < 1.29 is 9.53 Å². The molecule has 78 valence electrons. The lowest BCUT2D eigenvalue weighted by Gasteiger charge is -1.72. The molecule has 0 saturated heterocycles. The van der Waals surface area contributed by atoms with Gasteiger partial charge in [-0.1, -0.05) is 19.4 Å². The van der Waals surface area contributed by atoms with Crippen molar-refractivity contribution in [3.8, 4) is 0 Å². The second-order valence-corrected chi connectivity index (χ2v) is 1.41. The third kappa shape index (κ3) is 283. The van der Waals surface area contributed by atoms with Gasteiger partial charge in [0.1, 0.15) is 0 Å². The van der Waals surface area contributed by atoms with Crippen LogP contribution in [0.5, 0.6) is 0 Å². The minimum Gasteiger partial charge on any atom is -0.471 e. The number of ether oxygens (including phenoxy) is 1. The van der Waals surface area contributed by atoms with E-state index in [0.29, 0.717) is 6.47 Å². The minimum absolute atomic E-state index is 0.375. The highest BCUT2D eigenvalue weighted by atomic mass is 16.5. The van der Waals surface area contributed by atoms with Gasteiger partial charge in [-0.05, 0) is 6.42 Å². The molecule has 0 aromatic rings. The van der Waals surface area contributed by atoms with Gasteiger partial charge in [0.25, 0.3) is 6.47 Å². The molecule has 0 aliphatic carbocycles. The Bertz CT molecular complexity index is 78.2. The van der Waals surface area contributed by atoms with Crippen LogP contribution < -0.4 is 0 Å². The largest absolute Gasteiger partial charge is 0.471 e. The van der Waals surface area contributed by atoms with Crippen LogP contribution in [0.2, 0.25) is 0 Å². The van der Waals surface area contributed by atoms with E-state index in [-0.39, 0.29) is 0 Å². The van der Waals surface area contributed by atoms with Crippen LogP contribution >= 0.6 is 0 Å². The van der Waals surface area contributed by atoms with Crippen LogP contribution in [0.3, 0.4) is 0 Å². The van der Waals surface area contributed by atoms with Crippen LogP contribution in [0, 0.1) is 0 Å². The smallest absolute Gasteiger partial charge is 0.292 e. The maximum Gasteiger partial charge on any atom is 0.292 e. The fourth-order valence-corrected chi connectivity index (χ4v) is 0.204. The molecule has 0 atom stereocenters. The molecule has 0 saturated carbocycles. The van der Waals surface area contributed by atoms with E-state index in [1.54, 1.807) is 0 Å². The zero-order chi connectivity index (χ0) is 11.5. The van der Waals surface area contributed by atoms with E-state index in [4.69, 9.17) is 4.79 Å². The number of hydrogen-bond acceptors (Lipinski definition) is 2. The molecule has 0 heterocycles. The summed E-state index contributed by atoms with van der Waals surface area (Å²) >= 11 is 0. The van der Waals surface area contributed by atoms with E-state index in [0.717, 1.165) is 6.42 Å². The number of carbonyl (C=O) groups is 1. The van der Waals surface area contributed by atoms with Gasteiger partial charge in [-0.25, -0.2) is 0 Å². The van der Waals surface area contributed by atoms with E-state index >= 15 is 0 Å². The molecule has 0 aliphatic rings. The Balaban J connectivity index is -0.0000000457. The van der Waals surface area contributed by atoms with Crippen molar-refractivity contribution >= 4 is 6.47 Å². The number of unbranched alkanes of at least 4 members (excludes halogenated alkanes) is 1. The first kappa shape index (κ1) is 22.6. The minimum atomic E-state index is 0.375. The normalized spacial score (nSPS) is 5.08. The number of allylic oxidation sites excluding steroid dienone is 1. The van der Waals surface area contributed by atoms with E-state index in [1.807, 2.05) is 6.08 Å². The Morgan fingerprint density at radius 2 is 1.54 bits per heavy atom. The molecule has 0 aromatic carbocycles. The van der Waals surface area contributed by atoms with Crippen molar-refractivity contribution in [1.29, 1.82) is 0 Å². The van der Waals surface area contributed by atoms with Crippen LogP contribution in [-0.2, 0) is 9.53 Å². The average Bonchev–Trinajstić information content (AvgIpc) is 2.25. The highest BCUT2D eigenvalue weighted by Crippen LogP contribution is 1.82. The molecule has 0 rings (SSSR count). The first-order valence-corrected chi connectivity index (χ1v) is 3.90. The van der Waals surface area contributed by atoms with Gasteiger partial charge in [0.15, 0.2) is 0 Å². The predicted molar refractivity (Wildman–Crippen MR) is 60.7 cm³/mol. The van der Waals surface area contributed by atoms with Crippen molar-refractivity contribution in [3.05, 3.63) is 39.0 Å². The first-order valence-electron chi connectivity index (χ1n) is 3.90. The van der Waals surface area contributed by atoms with Crippen molar-refractivity contribution in [1.82, 2.24) is 0 Å². The van der Waals surface area contributed by atoms with Gasteiger partial charge >= 0.3 is 0 Å². The first-order chi connectivity index (χ1) is 6.33. The van der Waals surface area contributed by atoms with E-state index in [9.17, 15) is 0 Å². The monoisotopic (exact) mass is 186 g/mol. The molecule has 2 heteroatoms. The summed E-state index contributed by atoms with van der Waals surface area (Å²) in [5.41, 5.74) is 0. The standard InChI is InChI=1S/C5H10.C2H4O2.2C2H4/c1-3-5-4-2;1-4-2-3;2*1-2/h3H,1,4-5H2,2H3;2H,1H3;2*1-2H2. The lowest BCUT2D eigenvalue weighted by atomic mass is 10.3. The average molecular weight is 186 g/mol. The number of carbonyl (C=O) groups excluding carboxylic acids is 1. The van der Waals surface area contributed by atoms with E-state index < -0.39 is 0 Å². The van der Waals surface area contributed by atoms with Crippen molar-refractivity contribution in [2.45, 2.75) is 19.8 Å². The molecular weight excluding hydrogens is 164 g/mol. The molecule has 0 fully saturated rings. The van der Waals surface area contributed by atoms with E-state index in [1.165, 1.54) is 13.5 Å². The van der Waals surface area contributed by atoms with Gasteiger partial charge in [0.05, 0.1) is 7.11 Å². The molecule has 0 aromatic heterocycles. The summed E-state index contributed by atoms with van der Waals surface area (Å²) in [7, 11) is 1.31. The van der Waals surface area contributed by atoms with Crippen LogP contribution in [0.15, 0.2) is 39.0 Å². The van der Waals surface area contributed by atoms with Gasteiger partial charge < -0.3 is 4.74 Å². The summed E-state index contributed by atoms with van der Waals surface area (Å²) in [6, 6.07) is 0. The maximum atomic E-state index is 8.95. The number of rotatable bonds is 3. The molecule has 0 spiro atoms. The zero-order valence-corrected chi connectivity index (χ0v) is 8.92. The fourth-order valence-electron chi connectivity index (χ4n) is 0.204. The van der Waals surface area contributed by atoms with Crippen molar-refractivity contribution in [3.63, 3.8) is 0 Å². The molecule has 2 nitrogen and oxygen atoms in total. The molecular formula is C11H22O2. The predicted octanol–water partition coefficient (Wildman–Crippen LogP) is 3.37. The summed E-state index contributed by atoms with van der Waals surface area (Å²) in [4.78, 5) is 8.95. The molecule has 0 radical (unpaired) electrons. The highest BCUT2D eigenvalue weighted by Gasteiger charge is 1.61. The fraction of sp³-hybridized carbons (Fsp3) is 0.364. The van der Waals surface area contributed by atoms with Gasteiger partial charge in [-0.2, -0.15) is 0 Å². The zero-order valence-electron chi connectivity index (χ0n) is 8.92. The lowest BCUT2D eigenvalue weighted by Crippen LogP contribution is -1.68. The third-order valence-electron chi connectivity index (χ3n) is 0.589. The SMILES string of the molecule is C=C.C=C.C=CCCC.COC=O. The summed E-state index contributed by atoms with van der Waals surface area (Å²) in [6.45, 7) is 18.1. The Labute approximate surface area is 82.6 Å². The summed E-state index contributed by atoms with van der Waals surface area (Å²) < 4.78 is 3.86. The van der Waals surface area contributed by atoms with Gasteiger partial charge in [0.2, 0.25) is 0 Å². The van der Waals surface area contributed by atoms with E-state index in [2.05, 4.69) is 44.6 Å². The summed E-state index contributed by atoms with van der Waals surface area (Å²) in [5, 5.41) is 0. The summed E-state index contributed by atoms with van der Waals surface area (Å²) in [6.07, 6.45) is 4.31. The molecule has 0 aliphatic heterocycles.